The molecule has 0 aliphatic heterocycles. The number of nitrogens with one attached hydrogen (secondary N) is 3. The van der Waals surface area contributed by atoms with Gasteiger partial charge in [-0.25, -0.2) is 18.7 Å². The van der Waals surface area contributed by atoms with Gasteiger partial charge in [0.2, 0.25) is 5.91 Å². The summed E-state index contributed by atoms with van der Waals surface area (Å²) in [5.41, 5.74) is 1.84. The number of halogens is 2. The maximum Gasteiger partial charge on any atom is 0.236 e. The highest BCUT2D eigenvalue weighted by Crippen LogP contribution is 2.27. The number of hydrogen-bond donors (Lipinski definition) is 3. The third-order valence-electron chi connectivity index (χ3n) is 4.07. The van der Waals surface area contributed by atoms with Crippen molar-refractivity contribution in [2.45, 2.75) is 12.1 Å². The van der Waals surface area contributed by atoms with E-state index in [4.69, 9.17) is 0 Å². The number of H-pyrrole nitrogens is 1. The first kappa shape index (κ1) is 19.8. The van der Waals surface area contributed by atoms with Crippen molar-refractivity contribution in [1.29, 1.82) is 0 Å². The molecular weight excluding hydrogens is 410 g/mol. The second-order valence-electron chi connectivity index (χ2n) is 6.40. The second kappa shape index (κ2) is 8.46. The van der Waals surface area contributed by atoms with Crippen molar-refractivity contribution in [3.05, 3.63) is 65.9 Å². The number of fused-ring (bicyclic) bond motifs is 1. The summed E-state index contributed by atoms with van der Waals surface area (Å²) in [6.07, 6.45) is 0. The van der Waals surface area contributed by atoms with Crippen LogP contribution in [0.15, 0.2) is 53.7 Å². The molecule has 2 heterocycles. The molecule has 0 atom stereocenters. The predicted octanol–water partition coefficient (Wildman–Crippen LogP) is 4.41. The van der Waals surface area contributed by atoms with Gasteiger partial charge in [-0.2, -0.15) is 5.10 Å². The maximum absolute atomic E-state index is 13.6. The number of thioether (sulfide) groups is 1. The minimum absolute atomic E-state index is 0.0782. The molecule has 0 radical (unpaired) electrons. The van der Waals surface area contributed by atoms with E-state index in [-0.39, 0.29) is 11.7 Å². The van der Waals surface area contributed by atoms with Crippen LogP contribution in [0.2, 0.25) is 0 Å². The second-order valence-corrected chi connectivity index (χ2v) is 7.34. The van der Waals surface area contributed by atoms with Crippen LogP contribution in [0.1, 0.15) is 5.69 Å². The molecular formula is C20H16F2N6OS. The van der Waals surface area contributed by atoms with Crippen LogP contribution in [0.5, 0.6) is 0 Å². The number of para-hydroxylation sites is 1. The Morgan fingerprint density at radius 2 is 1.93 bits per heavy atom. The van der Waals surface area contributed by atoms with Gasteiger partial charge in [0.05, 0.1) is 11.3 Å². The maximum atomic E-state index is 13.6. The number of benzene rings is 2. The molecule has 2 aromatic heterocycles. The van der Waals surface area contributed by atoms with Crippen molar-refractivity contribution in [3.8, 4) is 0 Å². The number of amides is 1. The normalized spacial score (nSPS) is 10.9. The zero-order valence-corrected chi connectivity index (χ0v) is 16.6. The van der Waals surface area contributed by atoms with E-state index in [1.165, 1.54) is 6.07 Å². The molecule has 0 saturated carbocycles. The lowest BCUT2D eigenvalue weighted by molar-refractivity contribution is -0.113. The average Bonchev–Trinajstić information content (AvgIpc) is 3.13. The summed E-state index contributed by atoms with van der Waals surface area (Å²) < 4.78 is 26.8. The first-order valence-corrected chi connectivity index (χ1v) is 9.90. The molecule has 0 saturated heterocycles. The van der Waals surface area contributed by atoms with Crippen molar-refractivity contribution in [3.63, 3.8) is 0 Å². The Hall–Kier alpha value is -3.53. The van der Waals surface area contributed by atoms with Crippen LogP contribution in [0, 0.1) is 18.6 Å². The van der Waals surface area contributed by atoms with Crippen LogP contribution in [-0.2, 0) is 4.79 Å². The number of anilines is 3. The Balaban J connectivity index is 1.54. The molecule has 1 amide bonds. The number of carbonyl (C=O) groups is 1. The number of aromatic nitrogens is 4. The number of aromatic amines is 1. The average molecular weight is 426 g/mol. The SMILES string of the molecule is Cc1cc(NC(=O)CSc2nc(Nc3ccc(F)c(F)c3)c3ccccc3n2)n[nH]1. The summed E-state index contributed by atoms with van der Waals surface area (Å²) in [7, 11) is 0. The third kappa shape index (κ3) is 4.54. The number of hydrogen-bond acceptors (Lipinski definition) is 6. The zero-order chi connectivity index (χ0) is 21.1. The van der Waals surface area contributed by atoms with E-state index >= 15 is 0 Å². The van der Waals surface area contributed by atoms with Gasteiger partial charge in [0, 0.05) is 28.9 Å². The lowest BCUT2D eigenvalue weighted by Gasteiger charge is -2.11. The fraction of sp³-hybridized carbons (Fsp3) is 0.100. The molecule has 0 aliphatic carbocycles. The number of aryl methyl sites for hydroxylation is 1. The van der Waals surface area contributed by atoms with Gasteiger partial charge in [-0.15, -0.1) is 0 Å². The number of nitrogens with zero attached hydrogens (tertiary/aromatic N) is 3. The first-order chi connectivity index (χ1) is 14.5. The Labute approximate surface area is 174 Å². The van der Waals surface area contributed by atoms with Crippen LogP contribution in [-0.4, -0.2) is 31.8 Å². The number of rotatable bonds is 6. The fourth-order valence-corrected chi connectivity index (χ4v) is 3.37. The summed E-state index contributed by atoms with van der Waals surface area (Å²) in [4.78, 5) is 21.1. The molecule has 30 heavy (non-hydrogen) atoms. The lowest BCUT2D eigenvalue weighted by atomic mass is 10.2. The molecule has 0 bridgehead atoms. The van der Waals surface area contributed by atoms with Gasteiger partial charge in [0.1, 0.15) is 5.82 Å². The molecule has 152 valence electrons. The minimum Gasteiger partial charge on any atom is -0.339 e. The molecule has 0 aliphatic rings. The standard InChI is InChI=1S/C20H16F2N6OS/c1-11-8-17(28-27-11)25-18(29)10-30-20-24-16-5-3-2-4-13(16)19(26-20)23-12-6-7-14(21)15(22)9-12/h2-9H,10H2,1H3,(H,23,24,26)(H2,25,27,28,29). The summed E-state index contributed by atoms with van der Waals surface area (Å²) in [5.74, 6) is -1.19. The Morgan fingerprint density at radius 3 is 2.70 bits per heavy atom. The predicted molar refractivity (Wildman–Crippen MR) is 112 cm³/mol. The summed E-state index contributed by atoms with van der Waals surface area (Å²) in [6.45, 7) is 1.84. The van der Waals surface area contributed by atoms with Crippen LogP contribution < -0.4 is 10.6 Å². The van der Waals surface area contributed by atoms with Crippen molar-refractivity contribution in [2.24, 2.45) is 0 Å². The van der Waals surface area contributed by atoms with Gasteiger partial charge in [-0.1, -0.05) is 23.9 Å². The van der Waals surface area contributed by atoms with Crippen molar-refractivity contribution >= 4 is 45.9 Å². The molecule has 7 nitrogen and oxygen atoms in total. The summed E-state index contributed by atoms with van der Waals surface area (Å²) in [6, 6.07) is 12.5. The lowest BCUT2D eigenvalue weighted by Crippen LogP contribution is -2.14. The molecule has 4 rings (SSSR count). The van der Waals surface area contributed by atoms with E-state index in [0.717, 1.165) is 29.6 Å². The smallest absolute Gasteiger partial charge is 0.236 e. The van der Waals surface area contributed by atoms with Crippen molar-refractivity contribution < 1.29 is 13.6 Å². The molecule has 3 N–H and O–H groups in total. The van der Waals surface area contributed by atoms with Crippen molar-refractivity contribution in [2.75, 3.05) is 16.4 Å². The van der Waals surface area contributed by atoms with Gasteiger partial charge in [-0.3, -0.25) is 9.89 Å². The first-order valence-electron chi connectivity index (χ1n) is 8.91. The van der Waals surface area contributed by atoms with Gasteiger partial charge in [0.15, 0.2) is 22.6 Å². The van der Waals surface area contributed by atoms with Gasteiger partial charge in [0.25, 0.3) is 0 Å². The zero-order valence-electron chi connectivity index (χ0n) is 15.7. The largest absolute Gasteiger partial charge is 0.339 e. The Bertz CT molecular complexity index is 1230. The Morgan fingerprint density at radius 1 is 1.10 bits per heavy atom. The van der Waals surface area contributed by atoms with E-state index in [1.807, 2.05) is 31.2 Å². The van der Waals surface area contributed by atoms with E-state index in [0.29, 0.717) is 33.4 Å². The van der Waals surface area contributed by atoms with E-state index in [9.17, 15) is 13.6 Å². The monoisotopic (exact) mass is 426 g/mol. The highest BCUT2D eigenvalue weighted by molar-refractivity contribution is 7.99. The molecule has 4 aromatic rings. The summed E-state index contributed by atoms with van der Waals surface area (Å²) >= 11 is 1.15. The highest BCUT2D eigenvalue weighted by Gasteiger charge is 2.12. The minimum atomic E-state index is -0.960. The fourth-order valence-electron chi connectivity index (χ4n) is 2.72. The van der Waals surface area contributed by atoms with E-state index in [1.54, 1.807) is 6.07 Å². The van der Waals surface area contributed by atoms with E-state index in [2.05, 4.69) is 30.8 Å². The van der Waals surface area contributed by atoms with Crippen LogP contribution in [0.3, 0.4) is 0 Å². The van der Waals surface area contributed by atoms with Gasteiger partial charge in [-0.05, 0) is 31.2 Å². The quantitative estimate of drug-likeness (QED) is 0.312. The highest BCUT2D eigenvalue weighted by atomic mass is 32.2. The third-order valence-corrected chi connectivity index (χ3v) is 4.92. The number of carbonyl (C=O) groups excluding carboxylic acids is 1. The van der Waals surface area contributed by atoms with Crippen LogP contribution >= 0.6 is 11.8 Å². The molecule has 0 fully saturated rings. The van der Waals surface area contributed by atoms with Gasteiger partial charge < -0.3 is 10.6 Å². The molecule has 0 spiro atoms. The van der Waals surface area contributed by atoms with Gasteiger partial charge >= 0.3 is 0 Å². The topological polar surface area (TPSA) is 95.6 Å². The molecule has 10 heteroatoms. The van der Waals surface area contributed by atoms with Crippen LogP contribution in [0.25, 0.3) is 10.9 Å². The molecule has 2 aromatic carbocycles. The van der Waals surface area contributed by atoms with E-state index < -0.39 is 11.6 Å². The summed E-state index contributed by atoms with van der Waals surface area (Å²) in [5, 5.41) is 13.5. The molecule has 0 unspecified atom stereocenters. The van der Waals surface area contributed by atoms with Crippen LogP contribution in [0.4, 0.5) is 26.1 Å². The van der Waals surface area contributed by atoms with Crippen molar-refractivity contribution in [1.82, 2.24) is 20.2 Å². The Kier molecular flexibility index (Phi) is 5.57.